The van der Waals surface area contributed by atoms with E-state index in [0.29, 0.717) is 0 Å². The number of aromatic hydroxyl groups is 2. The minimum absolute atomic E-state index is 0. The van der Waals surface area contributed by atoms with Crippen LogP contribution in [-0.4, -0.2) is 38.4 Å². The zero-order valence-electron chi connectivity index (χ0n) is 13.9. The van der Waals surface area contributed by atoms with Crippen molar-refractivity contribution in [3.63, 3.8) is 0 Å². The molecule has 0 spiro atoms. The van der Waals surface area contributed by atoms with Gasteiger partial charge in [0.25, 0.3) is 0 Å². The molecule has 8 nitrogen and oxygen atoms in total. The second-order valence-corrected chi connectivity index (χ2v) is 5.08. The lowest BCUT2D eigenvalue weighted by Crippen LogP contribution is -2.32. The van der Waals surface area contributed by atoms with E-state index in [1.165, 1.54) is 30.3 Å². The molecule has 1 atom stereocenters. The fourth-order valence-electron chi connectivity index (χ4n) is 1.73. The van der Waals surface area contributed by atoms with Crippen LogP contribution in [0, 0.1) is 0 Å². The lowest BCUT2D eigenvalue weighted by Gasteiger charge is -2.05. The summed E-state index contributed by atoms with van der Waals surface area (Å²) in [6.07, 6.45) is 2.78. The maximum Gasteiger partial charge on any atom is 0.328 e. The van der Waals surface area contributed by atoms with Crippen molar-refractivity contribution in [2.24, 2.45) is 5.73 Å². The van der Waals surface area contributed by atoms with Crippen molar-refractivity contribution in [3.8, 4) is 11.5 Å². The maximum atomic E-state index is 10.4. The van der Waals surface area contributed by atoms with E-state index < -0.39 is 18.0 Å². The molecular weight excluding hydrogens is 340 g/mol. The van der Waals surface area contributed by atoms with Crippen LogP contribution in [0.4, 0.5) is 0 Å². The van der Waals surface area contributed by atoms with Gasteiger partial charge < -0.3 is 32.3 Å². The monoisotopic (exact) mass is 362 g/mol. The number of hydrogen-bond donors (Lipinski definition) is 6. The predicted octanol–water partition coefficient (Wildman–Crippen LogP) is 2.00. The van der Waals surface area contributed by atoms with Crippen LogP contribution in [-0.2, 0) is 16.0 Å². The van der Waals surface area contributed by atoms with Gasteiger partial charge in [0, 0.05) is 6.08 Å². The lowest BCUT2D eigenvalue weighted by atomic mass is 10.1. The van der Waals surface area contributed by atoms with E-state index in [4.69, 9.17) is 26.2 Å². The van der Waals surface area contributed by atoms with Crippen LogP contribution < -0.4 is 11.9 Å². The predicted molar refractivity (Wildman–Crippen MR) is 97.2 cm³/mol. The average Bonchev–Trinajstić information content (AvgIpc) is 2.57. The van der Waals surface area contributed by atoms with E-state index in [-0.39, 0.29) is 24.1 Å². The summed E-state index contributed by atoms with van der Waals surface area (Å²) >= 11 is 0. The second kappa shape index (κ2) is 11.2. The standard InChI is InChI=1S/C9H11NO3.C9H8O3.H3N/c10-8(9(12)13)5-6-1-3-7(11)4-2-6;10-8-4-1-7(2-5-8)3-6-9(11)12;/h1-4,8,11H,5,10H2,(H,12,13);1-6,10H,(H,11,12);1H3/b;6-3+;/t8-;;/m0../s1. The lowest BCUT2D eigenvalue weighted by molar-refractivity contribution is -0.138. The molecule has 0 radical (unpaired) electrons. The Labute approximate surface area is 150 Å². The molecule has 2 aromatic carbocycles. The van der Waals surface area contributed by atoms with Crippen LogP contribution in [0.3, 0.4) is 0 Å². The van der Waals surface area contributed by atoms with Crippen molar-refractivity contribution in [2.75, 3.05) is 0 Å². The molecule has 0 aliphatic carbocycles. The smallest absolute Gasteiger partial charge is 0.328 e. The summed E-state index contributed by atoms with van der Waals surface area (Å²) in [5, 5.41) is 34.7. The highest BCUT2D eigenvalue weighted by Crippen LogP contribution is 2.11. The molecule has 2 aromatic rings. The summed E-state index contributed by atoms with van der Waals surface area (Å²) in [6.45, 7) is 0. The fourth-order valence-corrected chi connectivity index (χ4v) is 1.73. The summed E-state index contributed by atoms with van der Waals surface area (Å²) < 4.78 is 0. The molecule has 9 N–H and O–H groups in total. The van der Waals surface area contributed by atoms with Crippen molar-refractivity contribution in [1.82, 2.24) is 6.15 Å². The average molecular weight is 362 g/mol. The van der Waals surface area contributed by atoms with E-state index in [9.17, 15) is 9.59 Å². The summed E-state index contributed by atoms with van der Waals surface area (Å²) in [5.74, 6) is -1.67. The van der Waals surface area contributed by atoms with Gasteiger partial charge in [-0.2, -0.15) is 0 Å². The molecule has 0 aromatic heterocycles. The molecule has 0 saturated carbocycles. The van der Waals surface area contributed by atoms with Crippen LogP contribution in [0.25, 0.3) is 6.08 Å². The third-order valence-corrected chi connectivity index (χ3v) is 3.02. The third kappa shape index (κ3) is 9.06. The van der Waals surface area contributed by atoms with Crippen LogP contribution in [0.2, 0.25) is 0 Å². The molecule has 8 heteroatoms. The van der Waals surface area contributed by atoms with Crippen molar-refractivity contribution in [2.45, 2.75) is 12.5 Å². The van der Waals surface area contributed by atoms with Gasteiger partial charge in [-0.1, -0.05) is 24.3 Å². The SMILES string of the molecule is N.N[C@@H](Cc1ccc(O)cc1)C(=O)O.O=C(O)/C=C/c1ccc(O)cc1. The summed E-state index contributed by atoms with van der Waals surface area (Å²) in [6, 6.07) is 11.7. The number of phenolic OH excluding ortho intramolecular Hbond substituents is 2. The molecule has 0 heterocycles. The highest BCUT2D eigenvalue weighted by Gasteiger charge is 2.11. The van der Waals surface area contributed by atoms with Crippen LogP contribution in [0.1, 0.15) is 11.1 Å². The first-order valence-electron chi connectivity index (χ1n) is 7.24. The molecule has 2 rings (SSSR count). The quantitative estimate of drug-likeness (QED) is 0.437. The van der Waals surface area contributed by atoms with Gasteiger partial charge in [-0.3, -0.25) is 4.79 Å². The zero-order valence-corrected chi connectivity index (χ0v) is 13.9. The van der Waals surface area contributed by atoms with Crippen LogP contribution in [0.5, 0.6) is 11.5 Å². The topological polar surface area (TPSA) is 176 Å². The number of benzene rings is 2. The van der Waals surface area contributed by atoms with Crippen molar-refractivity contribution >= 4 is 18.0 Å². The van der Waals surface area contributed by atoms with E-state index in [0.717, 1.165) is 17.2 Å². The van der Waals surface area contributed by atoms with Crippen molar-refractivity contribution in [3.05, 3.63) is 65.7 Å². The fraction of sp³-hybridized carbons (Fsp3) is 0.111. The molecular formula is C18H22N2O6. The van der Waals surface area contributed by atoms with Gasteiger partial charge in [0.1, 0.15) is 17.5 Å². The first kappa shape index (κ1) is 22.6. The van der Waals surface area contributed by atoms with E-state index in [1.807, 2.05) is 0 Å². The van der Waals surface area contributed by atoms with Gasteiger partial charge in [-0.05, 0) is 47.9 Å². The number of carbonyl (C=O) groups is 2. The van der Waals surface area contributed by atoms with E-state index >= 15 is 0 Å². The highest BCUT2D eigenvalue weighted by atomic mass is 16.4. The number of aliphatic carboxylic acids is 2. The first-order chi connectivity index (χ1) is 11.8. The number of carboxylic acids is 2. The van der Waals surface area contributed by atoms with Gasteiger partial charge in [-0.15, -0.1) is 0 Å². The largest absolute Gasteiger partial charge is 0.508 e. The Balaban J connectivity index is 0.000000464. The Morgan fingerprint density at radius 3 is 1.81 bits per heavy atom. The molecule has 0 aliphatic heterocycles. The Hall–Kier alpha value is -3.36. The Morgan fingerprint density at radius 1 is 0.923 bits per heavy atom. The van der Waals surface area contributed by atoms with Crippen molar-refractivity contribution in [1.29, 1.82) is 0 Å². The molecule has 0 amide bonds. The normalized spacial score (nSPS) is 11.0. The molecule has 0 fully saturated rings. The van der Waals surface area contributed by atoms with Crippen LogP contribution >= 0.6 is 0 Å². The number of hydrogen-bond acceptors (Lipinski definition) is 6. The first-order valence-corrected chi connectivity index (χ1v) is 7.24. The molecule has 0 saturated heterocycles. The second-order valence-electron chi connectivity index (χ2n) is 5.08. The van der Waals surface area contributed by atoms with Gasteiger partial charge in [-0.25, -0.2) is 4.79 Å². The number of nitrogens with two attached hydrogens (primary N) is 1. The minimum Gasteiger partial charge on any atom is -0.508 e. The summed E-state index contributed by atoms with van der Waals surface area (Å²) in [5.41, 5.74) is 6.87. The van der Waals surface area contributed by atoms with Crippen LogP contribution in [0.15, 0.2) is 54.6 Å². The Bertz CT molecular complexity index is 726. The molecule has 0 bridgehead atoms. The summed E-state index contributed by atoms with van der Waals surface area (Å²) in [4.78, 5) is 20.5. The highest BCUT2D eigenvalue weighted by molar-refractivity contribution is 5.85. The molecule has 140 valence electrons. The minimum atomic E-state index is -1.02. The van der Waals surface area contributed by atoms with Gasteiger partial charge in [0.2, 0.25) is 0 Å². The maximum absolute atomic E-state index is 10.4. The van der Waals surface area contributed by atoms with Crippen molar-refractivity contribution < 1.29 is 30.0 Å². The number of carboxylic acid groups (broad SMARTS) is 2. The van der Waals surface area contributed by atoms with Gasteiger partial charge in [0.15, 0.2) is 0 Å². The number of rotatable bonds is 5. The Kier molecular flexibility index (Phi) is 9.79. The molecule has 0 unspecified atom stereocenters. The zero-order chi connectivity index (χ0) is 18.8. The van der Waals surface area contributed by atoms with E-state index in [1.54, 1.807) is 24.3 Å². The van der Waals surface area contributed by atoms with Gasteiger partial charge >= 0.3 is 11.9 Å². The molecule has 0 aliphatic rings. The summed E-state index contributed by atoms with van der Waals surface area (Å²) in [7, 11) is 0. The number of phenols is 2. The van der Waals surface area contributed by atoms with E-state index in [2.05, 4.69) is 0 Å². The third-order valence-electron chi connectivity index (χ3n) is 3.02. The van der Waals surface area contributed by atoms with Gasteiger partial charge in [0.05, 0.1) is 0 Å². The molecule has 26 heavy (non-hydrogen) atoms. The Morgan fingerprint density at radius 2 is 1.38 bits per heavy atom.